The number of anilines is 1. The Hall–Kier alpha value is -3.83. The lowest BCUT2D eigenvalue weighted by Gasteiger charge is -2.32. The number of rotatable bonds is 12. The van der Waals surface area contributed by atoms with Crippen molar-refractivity contribution in [2.45, 2.75) is 44.2 Å². The molecule has 2 amide bonds. The summed E-state index contributed by atoms with van der Waals surface area (Å²) >= 11 is 6.17. The summed E-state index contributed by atoms with van der Waals surface area (Å²) in [5.41, 5.74) is 0.731. The SMILES string of the molecule is CCCCNC(=O)[C@@H](C)N(Cc1cccc(Cl)c1)C(=O)CN(c1ccc(F)cc1)S(=O)(=O)c1ccc2c(c1)OCCO2. The van der Waals surface area contributed by atoms with Gasteiger partial charge in [-0.25, -0.2) is 12.8 Å². The molecular weight excluding hydrogens is 585 g/mol. The number of hydrogen-bond acceptors (Lipinski definition) is 6. The molecule has 1 N–H and O–H groups in total. The van der Waals surface area contributed by atoms with Crippen LogP contribution in [-0.4, -0.2) is 57.5 Å². The normalized spacial score (nSPS) is 13.2. The van der Waals surface area contributed by atoms with E-state index in [1.54, 1.807) is 31.2 Å². The van der Waals surface area contributed by atoms with E-state index in [4.69, 9.17) is 21.1 Å². The fourth-order valence-corrected chi connectivity index (χ4v) is 6.04. The molecule has 0 aromatic heterocycles. The molecule has 4 rings (SSSR count). The smallest absolute Gasteiger partial charge is 0.264 e. The quantitative estimate of drug-likeness (QED) is 0.293. The Labute approximate surface area is 250 Å². The first-order chi connectivity index (χ1) is 20.1. The fraction of sp³-hybridized carbons (Fsp3) is 0.333. The van der Waals surface area contributed by atoms with Crippen molar-refractivity contribution < 1.29 is 31.9 Å². The first-order valence-corrected chi connectivity index (χ1v) is 15.4. The summed E-state index contributed by atoms with van der Waals surface area (Å²) in [6.07, 6.45) is 1.65. The average Bonchev–Trinajstić information content (AvgIpc) is 2.98. The number of nitrogens with zero attached hydrogens (tertiary/aromatic N) is 2. The van der Waals surface area contributed by atoms with Crippen LogP contribution in [0.2, 0.25) is 5.02 Å². The highest BCUT2D eigenvalue weighted by atomic mass is 35.5. The van der Waals surface area contributed by atoms with Crippen molar-refractivity contribution in [2.75, 3.05) is 30.6 Å². The van der Waals surface area contributed by atoms with Gasteiger partial charge in [0, 0.05) is 24.2 Å². The number of unbranched alkanes of at least 4 members (excludes halogenated alkanes) is 1. The van der Waals surface area contributed by atoms with Crippen molar-refractivity contribution in [3.05, 3.63) is 83.1 Å². The van der Waals surface area contributed by atoms with E-state index in [1.807, 2.05) is 6.92 Å². The predicted octanol–water partition coefficient (Wildman–Crippen LogP) is 4.78. The maximum Gasteiger partial charge on any atom is 0.264 e. The predicted molar refractivity (Wildman–Crippen MR) is 158 cm³/mol. The zero-order valence-electron chi connectivity index (χ0n) is 23.4. The van der Waals surface area contributed by atoms with Crippen molar-refractivity contribution in [2.24, 2.45) is 0 Å². The van der Waals surface area contributed by atoms with Gasteiger partial charge in [0.2, 0.25) is 11.8 Å². The maximum atomic E-state index is 14.0. The van der Waals surface area contributed by atoms with Crippen molar-refractivity contribution in [3.8, 4) is 11.5 Å². The number of halogens is 2. The van der Waals surface area contributed by atoms with Crippen molar-refractivity contribution in [1.29, 1.82) is 0 Å². The van der Waals surface area contributed by atoms with Crippen LogP contribution in [0.5, 0.6) is 11.5 Å². The Balaban J connectivity index is 1.70. The van der Waals surface area contributed by atoms with Crippen LogP contribution < -0.4 is 19.1 Å². The van der Waals surface area contributed by atoms with Crippen molar-refractivity contribution in [1.82, 2.24) is 10.2 Å². The minimum atomic E-state index is -4.37. The lowest BCUT2D eigenvalue weighted by Crippen LogP contribution is -2.51. The first kappa shape index (κ1) is 31.1. The van der Waals surface area contributed by atoms with Crippen LogP contribution in [0, 0.1) is 5.82 Å². The lowest BCUT2D eigenvalue weighted by molar-refractivity contribution is -0.139. The molecule has 3 aromatic rings. The van der Waals surface area contributed by atoms with Gasteiger partial charge in [-0.2, -0.15) is 0 Å². The monoisotopic (exact) mass is 617 g/mol. The second-order valence-corrected chi connectivity index (χ2v) is 12.1. The number of benzene rings is 3. The Morgan fingerprint density at radius 2 is 1.74 bits per heavy atom. The molecule has 3 aromatic carbocycles. The molecule has 224 valence electrons. The molecule has 1 aliphatic rings. The van der Waals surface area contributed by atoms with Crippen LogP contribution in [0.15, 0.2) is 71.6 Å². The van der Waals surface area contributed by atoms with E-state index in [0.717, 1.165) is 29.3 Å². The molecule has 1 atom stereocenters. The molecule has 0 radical (unpaired) electrons. The van der Waals surface area contributed by atoms with E-state index < -0.39 is 34.3 Å². The van der Waals surface area contributed by atoms with Crippen molar-refractivity contribution >= 4 is 39.1 Å². The number of nitrogens with one attached hydrogen (secondary N) is 1. The van der Waals surface area contributed by atoms with Gasteiger partial charge in [-0.15, -0.1) is 0 Å². The minimum absolute atomic E-state index is 0.00306. The second-order valence-electron chi connectivity index (χ2n) is 9.77. The number of sulfonamides is 1. The molecule has 0 saturated carbocycles. The molecule has 42 heavy (non-hydrogen) atoms. The second kappa shape index (κ2) is 13.9. The number of carbonyl (C=O) groups is 2. The zero-order chi connectivity index (χ0) is 30.3. The number of fused-ring (bicyclic) bond motifs is 1. The van der Waals surface area contributed by atoms with E-state index in [-0.39, 0.29) is 35.4 Å². The van der Waals surface area contributed by atoms with Crippen LogP contribution >= 0.6 is 11.6 Å². The Bertz CT molecular complexity index is 1520. The molecule has 0 unspecified atom stereocenters. The van der Waals surface area contributed by atoms with Crippen LogP contribution in [-0.2, 0) is 26.2 Å². The molecular formula is C30H33ClFN3O6S. The number of ether oxygens (including phenoxy) is 2. The van der Waals surface area contributed by atoms with Crippen LogP contribution in [0.1, 0.15) is 32.3 Å². The van der Waals surface area contributed by atoms with Gasteiger partial charge in [0.25, 0.3) is 10.0 Å². The van der Waals surface area contributed by atoms with Gasteiger partial charge in [-0.3, -0.25) is 13.9 Å². The van der Waals surface area contributed by atoms with Gasteiger partial charge < -0.3 is 19.7 Å². The molecule has 1 aliphatic heterocycles. The molecule has 9 nitrogen and oxygen atoms in total. The topological polar surface area (TPSA) is 105 Å². The maximum absolute atomic E-state index is 14.0. The average molecular weight is 618 g/mol. The molecule has 0 saturated heterocycles. The summed E-state index contributed by atoms with van der Waals surface area (Å²) < 4.78 is 53.8. The highest BCUT2D eigenvalue weighted by molar-refractivity contribution is 7.92. The van der Waals surface area contributed by atoms with E-state index in [0.29, 0.717) is 29.5 Å². The highest BCUT2D eigenvalue weighted by Gasteiger charge is 2.33. The Morgan fingerprint density at radius 1 is 1.02 bits per heavy atom. The zero-order valence-corrected chi connectivity index (χ0v) is 25.0. The van der Waals surface area contributed by atoms with E-state index >= 15 is 0 Å². The van der Waals surface area contributed by atoms with Gasteiger partial charge in [-0.1, -0.05) is 37.1 Å². The van der Waals surface area contributed by atoms with Crippen LogP contribution in [0.25, 0.3) is 0 Å². The highest BCUT2D eigenvalue weighted by Crippen LogP contribution is 2.34. The fourth-order valence-electron chi connectivity index (χ4n) is 4.40. The number of amides is 2. The molecule has 12 heteroatoms. The lowest BCUT2D eigenvalue weighted by atomic mass is 10.1. The largest absolute Gasteiger partial charge is 0.486 e. The Morgan fingerprint density at radius 3 is 2.43 bits per heavy atom. The summed E-state index contributed by atoms with van der Waals surface area (Å²) in [5.74, 6) is -0.921. The summed E-state index contributed by atoms with van der Waals surface area (Å²) in [6.45, 7) is 3.96. The third-order valence-electron chi connectivity index (χ3n) is 6.73. The molecule has 1 heterocycles. The van der Waals surface area contributed by atoms with Gasteiger partial charge >= 0.3 is 0 Å². The van der Waals surface area contributed by atoms with E-state index in [9.17, 15) is 22.4 Å². The van der Waals surface area contributed by atoms with E-state index in [1.165, 1.54) is 35.2 Å². The molecule has 0 spiro atoms. The van der Waals surface area contributed by atoms with Gasteiger partial charge in [0.1, 0.15) is 31.6 Å². The molecule has 0 fully saturated rings. The first-order valence-electron chi connectivity index (χ1n) is 13.6. The van der Waals surface area contributed by atoms with Crippen molar-refractivity contribution in [3.63, 3.8) is 0 Å². The van der Waals surface area contributed by atoms with Gasteiger partial charge in [0.15, 0.2) is 11.5 Å². The Kier molecular flexibility index (Phi) is 10.3. The van der Waals surface area contributed by atoms with Gasteiger partial charge in [0.05, 0.1) is 10.6 Å². The van der Waals surface area contributed by atoms with Gasteiger partial charge in [-0.05, 0) is 67.4 Å². The third-order valence-corrected chi connectivity index (χ3v) is 8.74. The van der Waals surface area contributed by atoms with E-state index in [2.05, 4.69) is 5.32 Å². The summed E-state index contributed by atoms with van der Waals surface area (Å²) in [5, 5.41) is 3.29. The van der Waals surface area contributed by atoms with Crippen LogP contribution in [0.3, 0.4) is 0 Å². The standard InChI is InChI=1S/C30H33ClFN3O6S/c1-3-4-14-33-30(37)21(2)34(19-22-6-5-7-23(31)17-22)29(36)20-35(25-10-8-24(32)9-11-25)42(38,39)26-12-13-27-28(18-26)41-16-15-40-27/h5-13,17-18,21H,3-4,14-16,19-20H2,1-2H3,(H,33,37)/t21-/m1/s1. The van der Waals surface area contributed by atoms with Crippen LogP contribution in [0.4, 0.5) is 10.1 Å². The summed E-state index contributed by atoms with van der Waals surface area (Å²) in [4.78, 5) is 28.2. The molecule has 0 aliphatic carbocycles. The number of hydrogen-bond donors (Lipinski definition) is 1. The summed E-state index contributed by atoms with van der Waals surface area (Å²) in [7, 11) is -4.37. The third kappa shape index (κ3) is 7.51. The summed E-state index contributed by atoms with van der Waals surface area (Å²) in [6, 6.07) is 14.9. The number of carbonyl (C=O) groups excluding carboxylic acids is 2. The minimum Gasteiger partial charge on any atom is -0.486 e. The molecule has 0 bridgehead atoms.